The molecule has 0 unspecified atom stereocenters. The van der Waals surface area contributed by atoms with Gasteiger partial charge in [-0.2, -0.15) is 5.26 Å². The topological polar surface area (TPSA) is 49.8 Å². The number of nitrogens with zero attached hydrogens (tertiary/aromatic N) is 1. The van der Waals surface area contributed by atoms with Crippen molar-refractivity contribution in [2.24, 2.45) is 0 Å². The average molecular weight is 341 g/mol. The van der Waals surface area contributed by atoms with Gasteiger partial charge in [0.2, 0.25) is 0 Å². The van der Waals surface area contributed by atoms with Crippen LogP contribution >= 0.6 is 0 Å². The van der Waals surface area contributed by atoms with Crippen molar-refractivity contribution < 1.29 is 14.9 Å². The Morgan fingerprint density at radius 2 is 1.72 bits per heavy atom. The lowest BCUT2D eigenvalue weighted by Gasteiger charge is -2.33. The third kappa shape index (κ3) is 4.09. The van der Waals surface area contributed by atoms with Crippen LogP contribution in [0.1, 0.15) is 36.5 Å². The second-order valence-electron chi connectivity index (χ2n) is 6.61. The number of benzene rings is 2. The first-order valence-electron chi connectivity index (χ1n) is 8.70. The zero-order valence-corrected chi connectivity index (χ0v) is 15.2. The van der Waals surface area contributed by atoms with Crippen LogP contribution in [0.3, 0.4) is 0 Å². The van der Waals surface area contributed by atoms with Gasteiger partial charge in [-0.3, -0.25) is 4.89 Å². The van der Waals surface area contributed by atoms with Crippen LogP contribution in [0, 0.1) is 0 Å². The van der Waals surface area contributed by atoms with Crippen molar-refractivity contribution in [3.05, 3.63) is 71.3 Å². The number of carbonyl (C=O) groups excluding carboxylic acids is 1. The molecule has 4 nitrogen and oxygen atoms in total. The molecule has 0 aliphatic carbocycles. The molecule has 0 spiro atoms. The number of hydrogen-bond donors (Lipinski definition) is 1. The van der Waals surface area contributed by atoms with Crippen LogP contribution in [0.2, 0.25) is 0 Å². The van der Waals surface area contributed by atoms with Gasteiger partial charge in [-0.25, -0.2) is 4.79 Å². The molecule has 25 heavy (non-hydrogen) atoms. The lowest BCUT2D eigenvalue weighted by atomic mass is 9.69. The second-order valence-corrected chi connectivity index (χ2v) is 6.61. The van der Waals surface area contributed by atoms with E-state index in [1.165, 1.54) is 0 Å². The zero-order valence-electron chi connectivity index (χ0n) is 15.2. The molecular formula is C21H27NO3. The normalized spacial score (nSPS) is 13.5. The summed E-state index contributed by atoms with van der Waals surface area (Å²) in [6.07, 6.45) is 2.17. The van der Waals surface area contributed by atoms with E-state index in [-0.39, 0.29) is 0 Å². The minimum Gasteiger partial charge on any atom is -0.309 e. The zero-order chi connectivity index (χ0) is 18.3. The van der Waals surface area contributed by atoms with E-state index in [1.807, 2.05) is 69.6 Å². The maximum absolute atomic E-state index is 12.8. The molecule has 0 radical (unpaired) electrons. The molecule has 1 N–H and O–H groups in total. The molecule has 4 heteroatoms. The first kappa shape index (κ1) is 19.2. The Kier molecular flexibility index (Phi) is 6.73. The predicted molar refractivity (Wildman–Crippen MR) is 99.6 cm³/mol. The van der Waals surface area contributed by atoms with Gasteiger partial charge in [-0.05, 0) is 43.6 Å². The van der Waals surface area contributed by atoms with E-state index in [0.717, 1.165) is 36.1 Å². The Hall–Kier alpha value is -2.17. The Morgan fingerprint density at radius 3 is 2.32 bits per heavy atom. The van der Waals surface area contributed by atoms with Gasteiger partial charge in [0, 0.05) is 6.54 Å². The Bertz CT molecular complexity index is 685. The maximum Gasteiger partial charge on any atom is 0.356 e. The molecule has 0 aliphatic heterocycles. The summed E-state index contributed by atoms with van der Waals surface area (Å²) >= 11 is 0. The minimum absolute atomic E-state index is 0.565. The molecule has 0 bridgehead atoms. The SMILES string of the molecule is CCC[C@@](C(=O)OO)(c1ccccc1)c1ccccc1CCN(C)C. The van der Waals surface area contributed by atoms with E-state index in [4.69, 9.17) is 0 Å². The van der Waals surface area contributed by atoms with Gasteiger partial charge in [0.1, 0.15) is 5.41 Å². The highest BCUT2D eigenvalue weighted by molar-refractivity contribution is 5.87. The van der Waals surface area contributed by atoms with E-state index in [2.05, 4.69) is 15.9 Å². The summed E-state index contributed by atoms with van der Waals surface area (Å²) in [6, 6.07) is 17.5. The number of likely N-dealkylation sites (N-methyl/N-ethyl adjacent to an activating group) is 1. The fourth-order valence-electron chi connectivity index (χ4n) is 3.44. The van der Waals surface area contributed by atoms with E-state index < -0.39 is 11.4 Å². The fourth-order valence-corrected chi connectivity index (χ4v) is 3.44. The number of carbonyl (C=O) groups is 1. The molecule has 2 aromatic carbocycles. The number of rotatable bonds is 8. The van der Waals surface area contributed by atoms with Crippen molar-refractivity contribution in [3.8, 4) is 0 Å². The van der Waals surface area contributed by atoms with Crippen LogP contribution in [-0.2, 0) is 21.5 Å². The maximum atomic E-state index is 12.8. The van der Waals surface area contributed by atoms with Crippen LogP contribution in [0.15, 0.2) is 54.6 Å². The van der Waals surface area contributed by atoms with Gasteiger partial charge in [-0.15, -0.1) is 0 Å². The smallest absolute Gasteiger partial charge is 0.309 e. The molecule has 1 atom stereocenters. The minimum atomic E-state index is -1.01. The van der Waals surface area contributed by atoms with E-state index in [1.54, 1.807) is 0 Å². The summed E-state index contributed by atoms with van der Waals surface area (Å²) in [6.45, 7) is 2.91. The van der Waals surface area contributed by atoms with Crippen LogP contribution in [-0.4, -0.2) is 36.8 Å². The highest BCUT2D eigenvalue weighted by Crippen LogP contribution is 2.40. The first-order chi connectivity index (χ1) is 12.1. The van der Waals surface area contributed by atoms with Gasteiger partial charge in [0.15, 0.2) is 0 Å². The van der Waals surface area contributed by atoms with Crippen LogP contribution in [0.4, 0.5) is 0 Å². The van der Waals surface area contributed by atoms with Gasteiger partial charge in [0.05, 0.1) is 0 Å². The summed E-state index contributed by atoms with van der Waals surface area (Å²) in [5.74, 6) is -0.627. The van der Waals surface area contributed by atoms with Gasteiger partial charge < -0.3 is 4.90 Å². The molecule has 2 aromatic rings. The van der Waals surface area contributed by atoms with Crippen molar-refractivity contribution in [2.75, 3.05) is 20.6 Å². The van der Waals surface area contributed by atoms with Crippen molar-refractivity contribution >= 4 is 5.97 Å². The quantitative estimate of drug-likeness (QED) is 0.584. The van der Waals surface area contributed by atoms with Crippen molar-refractivity contribution in [2.45, 2.75) is 31.6 Å². The number of hydrogen-bond acceptors (Lipinski definition) is 4. The molecule has 134 valence electrons. The molecular weight excluding hydrogens is 314 g/mol. The molecule has 0 aliphatic rings. The third-order valence-corrected chi connectivity index (χ3v) is 4.63. The molecule has 0 saturated carbocycles. The monoisotopic (exact) mass is 341 g/mol. The lowest BCUT2D eigenvalue weighted by Crippen LogP contribution is -2.39. The highest BCUT2D eigenvalue weighted by atomic mass is 17.1. The molecule has 0 amide bonds. The predicted octanol–water partition coefficient (Wildman–Crippen LogP) is 3.89. The first-order valence-corrected chi connectivity index (χ1v) is 8.70. The summed E-state index contributed by atoms with van der Waals surface area (Å²) in [4.78, 5) is 19.3. The Balaban J connectivity index is 2.66. The standard InChI is InChI=1S/C21H27NO3/c1-4-15-21(20(23)25-24,18-11-6-5-7-12-18)19-13-9-8-10-17(19)14-16-22(2)3/h5-13,24H,4,14-16H2,1-3H3/t21-/m1/s1. The molecule has 2 rings (SSSR count). The lowest BCUT2D eigenvalue weighted by molar-refractivity contribution is -0.239. The van der Waals surface area contributed by atoms with Crippen LogP contribution < -0.4 is 0 Å². The van der Waals surface area contributed by atoms with Gasteiger partial charge in [0.25, 0.3) is 0 Å². The fraction of sp³-hybridized carbons (Fsp3) is 0.381. The molecule has 0 heterocycles. The van der Waals surface area contributed by atoms with E-state index in [0.29, 0.717) is 6.42 Å². The summed E-state index contributed by atoms with van der Waals surface area (Å²) in [5, 5.41) is 9.27. The largest absolute Gasteiger partial charge is 0.356 e. The summed E-state index contributed by atoms with van der Waals surface area (Å²) in [7, 11) is 4.06. The van der Waals surface area contributed by atoms with Crippen molar-refractivity contribution in [1.82, 2.24) is 4.90 Å². The molecule has 0 saturated heterocycles. The van der Waals surface area contributed by atoms with Gasteiger partial charge in [-0.1, -0.05) is 67.9 Å². The van der Waals surface area contributed by atoms with Crippen molar-refractivity contribution in [1.29, 1.82) is 0 Å². The second kappa shape index (κ2) is 8.79. The highest BCUT2D eigenvalue weighted by Gasteiger charge is 2.44. The third-order valence-electron chi connectivity index (χ3n) is 4.63. The van der Waals surface area contributed by atoms with Gasteiger partial charge >= 0.3 is 5.97 Å². The molecule has 0 aromatic heterocycles. The van der Waals surface area contributed by atoms with Crippen LogP contribution in [0.25, 0.3) is 0 Å². The Labute approximate surface area is 150 Å². The summed E-state index contributed by atoms with van der Waals surface area (Å²) in [5.41, 5.74) is 1.84. The Morgan fingerprint density at radius 1 is 1.08 bits per heavy atom. The van der Waals surface area contributed by atoms with Crippen LogP contribution in [0.5, 0.6) is 0 Å². The summed E-state index contributed by atoms with van der Waals surface area (Å²) < 4.78 is 0. The van der Waals surface area contributed by atoms with E-state index in [9.17, 15) is 10.1 Å². The van der Waals surface area contributed by atoms with E-state index >= 15 is 0 Å². The average Bonchev–Trinajstić information content (AvgIpc) is 2.65. The molecule has 0 fully saturated rings. The van der Waals surface area contributed by atoms with Crippen molar-refractivity contribution in [3.63, 3.8) is 0 Å².